The van der Waals surface area contributed by atoms with Crippen LogP contribution >= 0.6 is 0 Å². The van der Waals surface area contributed by atoms with Gasteiger partial charge in [0.2, 0.25) is 0 Å². The molecule has 12 nitrogen and oxygen atoms in total. The molecule has 1 unspecified atom stereocenters. The molecule has 1 aromatic carbocycles. The molecule has 0 aliphatic rings. The van der Waals surface area contributed by atoms with E-state index < -0.39 is 17.7 Å². The van der Waals surface area contributed by atoms with Crippen LogP contribution in [0.5, 0.6) is 0 Å². The molecule has 176 valence electrons. The highest BCUT2D eigenvalue weighted by Gasteiger charge is 2.24. The lowest BCUT2D eigenvalue weighted by molar-refractivity contribution is 0.585. The van der Waals surface area contributed by atoms with Gasteiger partial charge in [-0.15, -0.1) is 0 Å². The number of hydrogen-bond donors (Lipinski definition) is 2. The number of halogens is 2. The number of aromatic nitrogens is 8. The summed E-state index contributed by atoms with van der Waals surface area (Å²) in [6.45, 7) is 1.76. The minimum absolute atomic E-state index is 0.0720. The fourth-order valence-electron chi connectivity index (χ4n) is 3.68. The van der Waals surface area contributed by atoms with Crippen LogP contribution < -0.4 is 11.6 Å². The average Bonchev–Trinajstić information content (AvgIpc) is 3.42. The van der Waals surface area contributed by atoms with Crippen molar-refractivity contribution in [2.24, 2.45) is 23.0 Å². The van der Waals surface area contributed by atoms with Crippen LogP contribution in [0.3, 0.4) is 0 Å². The van der Waals surface area contributed by atoms with Crippen molar-refractivity contribution < 1.29 is 8.78 Å². The molecule has 4 N–H and O–H groups in total. The van der Waals surface area contributed by atoms with Crippen LogP contribution in [-0.4, -0.2) is 51.4 Å². The number of anilines is 1. The maximum Gasteiger partial charge on any atom is 0.164 e. The van der Waals surface area contributed by atoms with Crippen LogP contribution in [0.4, 0.5) is 20.3 Å². The fourth-order valence-corrected chi connectivity index (χ4v) is 3.68. The molecule has 14 heteroatoms. The number of rotatable bonds is 5. The Balaban J connectivity index is 1.63. The van der Waals surface area contributed by atoms with E-state index in [-0.39, 0.29) is 17.2 Å². The van der Waals surface area contributed by atoms with Gasteiger partial charge in [0.15, 0.2) is 17.1 Å². The van der Waals surface area contributed by atoms with Crippen molar-refractivity contribution >= 4 is 45.5 Å². The minimum atomic E-state index is -0.818. The largest absolute Gasteiger partial charge is 0.383 e. The molecule has 5 aromatic rings. The van der Waals surface area contributed by atoms with Gasteiger partial charge in [0.1, 0.15) is 41.4 Å². The minimum Gasteiger partial charge on any atom is -0.383 e. The summed E-state index contributed by atoms with van der Waals surface area (Å²) in [5.41, 5.74) is 8.31. The first-order valence-corrected chi connectivity index (χ1v) is 10.3. The van der Waals surface area contributed by atoms with Crippen LogP contribution in [-0.2, 0) is 7.05 Å². The van der Waals surface area contributed by atoms with E-state index in [4.69, 9.17) is 16.7 Å². The van der Waals surface area contributed by atoms with E-state index in [1.54, 1.807) is 29.5 Å². The molecular formula is C21H18F2N12. The highest BCUT2D eigenvalue weighted by atomic mass is 19.1. The molecule has 5 rings (SSSR count). The summed E-state index contributed by atoms with van der Waals surface area (Å²) in [5, 5.41) is 13.9. The predicted molar refractivity (Wildman–Crippen MR) is 126 cm³/mol. The summed E-state index contributed by atoms with van der Waals surface area (Å²) in [5.74, 6) is 4.30. The molecule has 0 amide bonds. The molecule has 4 aromatic heterocycles. The van der Waals surface area contributed by atoms with E-state index >= 15 is 0 Å². The number of aryl methyl sites for hydroxylation is 1. The van der Waals surface area contributed by atoms with Crippen molar-refractivity contribution in [1.29, 1.82) is 0 Å². The Morgan fingerprint density at radius 1 is 1.09 bits per heavy atom. The summed E-state index contributed by atoms with van der Waals surface area (Å²) in [6, 6.07) is 2.45. The summed E-state index contributed by atoms with van der Waals surface area (Å²) >= 11 is 0. The van der Waals surface area contributed by atoms with E-state index in [1.807, 2.05) is 0 Å². The average molecular weight is 476 g/mol. The summed E-state index contributed by atoms with van der Waals surface area (Å²) in [4.78, 5) is 21.2. The summed E-state index contributed by atoms with van der Waals surface area (Å²) in [6.07, 6.45) is 5.63. The van der Waals surface area contributed by atoms with Crippen LogP contribution in [0.15, 0.2) is 47.1 Å². The number of nitrogens with zero attached hydrogens (tertiary/aromatic N) is 10. The van der Waals surface area contributed by atoms with Crippen molar-refractivity contribution in [3.63, 3.8) is 0 Å². The van der Waals surface area contributed by atoms with Crippen molar-refractivity contribution in [2.45, 2.75) is 13.0 Å². The highest BCUT2D eigenvalue weighted by Crippen LogP contribution is 2.33. The maximum absolute atomic E-state index is 14.0. The molecule has 0 aliphatic carbocycles. The molecule has 0 fully saturated rings. The zero-order valence-electron chi connectivity index (χ0n) is 18.5. The van der Waals surface area contributed by atoms with E-state index in [2.05, 4.69) is 35.1 Å². The van der Waals surface area contributed by atoms with Gasteiger partial charge in [-0.25, -0.2) is 33.4 Å². The Morgan fingerprint density at radius 2 is 1.86 bits per heavy atom. The van der Waals surface area contributed by atoms with Gasteiger partial charge in [0, 0.05) is 13.1 Å². The van der Waals surface area contributed by atoms with Crippen LogP contribution in [0, 0.1) is 11.6 Å². The van der Waals surface area contributed by atoms with Gasteiger partial charge in [-0.3, -0.25) is 9.67 Å². The van der Waals surface area contributed by atoms with Gasteiger partial charge in [-0.1, -0.05) is 0 Å². The summed E-state index contributed by atoms with van der Waals surface area (Å²) < 4.78 is 30.4. The zero-order valence-corrected chi connectivity index (χ0v) is 18.5. The lowest BCUT2D eigenvalue weighted by Gasteiger charge is -2.12. The summed E-state index contributed by atoms with van der Waals surface area (Å²) in [7, 11) is 1.77. The van der Waals surface area contributed by atoms with E-state index in [0.29, 0.717) is 33.5 Å². The number of hydrazone groups is 1. The first kappa shape index (κ1) is 21.9. The smallest absolute Gasteiger partial charge is 0.164 e. The Labute approximate surface area is 196 Å². The number of hydrogen-bond acceptors (Lipinski definition) is 10. The highest BCUT2D eigenvalue weighted by molar-refractivity contribution is 6.32. The molecule has 0 saturated heterocycles. The Kier molecular flexibility index (Phi) is 5.31. The third-order valence-corrected chi connectivity index (χ3v) is 5.46. The first-order chi connectivity index (χ1) is 16.9. The van der Waals surface area contributed by atoms with Gasteiger partial charge in [0.25, 0.3) is 0 Å². The van der Waals surface area contributed by atoms with Gasteiger partial charge in [0.05, 0.1) is 34.9 Å². The molecule has 0 saturated carbocycles. The Morgan fingerprint density at radius 3 is 2.63 bits per heavy atom. The van der Waals surface area contributed by atoms with Crippen LogP contribution in [0.25, 0.3) is 33.5 Å². The maximum atomic E-state index is 14.0. The third kappa shape index (κ3) is 3.70. The van der Waals surface area contributed by atoms with Crippen molar-refractivity contribution in [3.8, 4) is 11.4 Å². The van der Waals surface area contributed by atoms with Crippen molar-refractivity contribution in [1.82, 2.24) is 39.5 Å². The number of nitrogen functional groups attached to an aromatic ring is 1. The monoisotopic (exact) mass is 476 g/mol. The van der Waals surface area contributed by atoms with E-state index in [9.17, 15) is 8.78 Å². The second-order valence-electron chi connectivity index (χ2n) is 7.56. The molecular weight excluding hydrogens is 458 g/mol. The first-order valence-electron chi connectivity index (χ1n) is 10.3. The number of fused-ring (bicyclic) bond motifs is 2. The lowest BCUT2D eigenvalue weighted by Crippen LogP contribution is -2.21. The van der Waals surface area contributed by atoms with Crippen molar-refractivity contribution in [3.05, 3.63) is 48.7 Å². The number of benzene rings is 1. The molecule has 0 radical (unpaired) electrons. The third-order valence-electron chi connectivity index (χ3n) is 5.46. The second kappa shape index (κ2) is 8.48. The quantitative estimate of drug-likeness (QED) is 0.222. The Bertz CT molecular complexity index is 1630. The molecule has 0 spiro atoms. The SMILES string of the molecule is CC(/C(C=Nc1ccc(F)cc1F)=N/N)n1nc(-c2ncnc3c2cnn3C)c2c(N)ncnc21. The molecule has 4 heterocycles. The molecule has 1 atom stereocenters. The van der Waals surface area contributed by atoms with Gasteiger partial charge in [-0.05, 0) is 19.1 Å². The Hall–Kier alpha value is -4.88. The van der Waals surface area contributed by atoms with Crippen LogP contribution in [0.1, 0.15) is 13.0 Å². The van der Waals surface area contributed by atoms with E-state index in [1.165, 1.54) is 24.9 Å². The molecule has 35 heavy (non-hydrogen) atoms. The number of nitrogens with two attached hydrogens (primary N) is 2. The van der Waals surface area contributed by atoms with Gasteiger partial charge < -0.3 is 11.6 Å². The second-order valence-corrected chi connectivity index (χ2v) is 7.56. The van der Waals surface area contributed by atoms with Gasteiger partial charge in [-0.2, -0.15) is 15.3 Å². The van der Waals surface area contributed by atoms with Gasteiger partial charge >= 0.3 is 0 Å². The topological polar surface area (TPSA) is 164 Å². The number of aliphatic imine (C=N–C) groups is 1. The van der Waals surface area contributed by atoms with Crippen LogP contribution in [0.2, 0.25) is 0 Å². The fraction of sp³-hybridized carbons (Fsp3) is 0.143. The van der Waals surface area contributed by atoms with Crippen molar-refractivity contribution in [2.75, 3.05) is 5.73 Å². The standard InChI is InChI=1S/C21H18F2N12/c1-10(15(32-25)7-26-14-4-3-11(22)5-13(14)23)35-21-16(19(24)28-9-30-21)18(33-35)17-12-6-31-34(2)20(12)29-8-27-17/h3-10H,25H2,1-2H3,(H2,24,28,30)/b26-7?,32-15+. The normalized spacial score (nSPS) is 13.3. The predicted octanol–water partition coefficient (Wildman–Crippen LogP) is 2.31. The molecule has 0 bridgehead atoms. The lowest BCUT2D eigenvalue weighted by atomic mass is 10.1. The zero-order chi connectivity index (χ0) is 24.7. The van der Waals surface area contributed by atoms with E-state index in [0.717, 1.165) is 12.1 Å². The molecule has 0 aliphatic heterocycles.